The van der Waals surface area contributed by atoms with Crippen LogP contribution in [0, 0.1) is 12.7 Å². The highest BCUT2D eigenvalue weighted by molar-refractivity contribution is 5.98. The van der Waals surface area contributed by atoms with Crippen LogP contribution < -0.4 is 16.0 Å². The topological polar surface area (TPSA) is 108 Å². The van der Waals surface area contributed by atoms with E-state index < -0.39 is 17.3 Å². The molecule has 172 valence electrons. The van der Waals surface area contributed by atoms with Crippen molar-refractivity contribution >= 4 is 17.5 Å². The van der Waals surface area contributed by atoms with Crippen molar-refractivity contribution in [2.24, 2.45) is 10.9 Å². The number of nitrogens with two attached hydrogens (primary N) is 1. The van der Waals surface area contributed by atoms with Gasteiger partial charge in [0.2, 0.25) is 5.75 Å². The van der Waals surface area contributed by atoms with Gasteiger partial charge in [-0.15, -0.1) is 0 Å². The van der Waals surface area contributed by atoms with Crippen LogP contribution in [0.4, 0.5) is 4.39 Å². The summed E-state index contributed by atoms with van der Waals surface area (Å²) < 4.78 is 20.2. The van der Waals surface area contributed by atoms with E-state index in [0.717, 1.165) is 11.1 Å². The van der Waals surface area contributed by atoms with Gasteiger partial charge in [-0.3, -0.25) is 9.20 Å². The quantitative estimate of drug-likeness (QED) is 0.196. The van der Waals surface area contributed by atoms with Crippen molar-refractivity contribution in [3.63, 3.8) is 0 Å². The second kappa shape index (κ2) is 9.95. The SMILES string of the molecule is Cc1ccc2nc(/C(N)=N/OC(=O)Cc3ccc(F)cc3)c(OCc3ccccc3)c(=O)n2c1. The normalized spacial score (nSPS) is 11.4. The average molecular weight is 460 g/mol. The Hall–Kier alpha value is -4.53. The highest BCUT2D eigenvalue weighted by Gasteiger charge is 2.19. The fourth-order valence-corrected chi connectivity index (χ4v) is 3.21. The number of pyridine rings is 1. The first-order valence-corrected chi connectivity index (χ1v) is 10.4. The Labute approximate surface area is 194 Å². The molecule has 0 aliphatic rings. The molecule has 0 unspecified atom stereocenters. The van der Waals surface area contributed by atoms with Gasteiger partial charge in [0.1, 0.15) is 18.1 Å². The summed E-state index contributed by atoms with van der Waals surface area (Å²) in [6.07, 6.45) is 1.50. The zero-order chi connectivity index (χ0) is 24.1. The van der Waals surface area contributed by atoms with Crippen molar-refractivity contribution < 1.29 is 18.8 Å². The standard InChI is InChI=1S/C25H21FN4O4/c1-16-7-12-20-28-22(24(27)29-34-21(31)13-17-8-10-19(26)11-9-17)23(25(32)30(20)14-16)33-15-18-5-3-2-4-6-18/h2-12,14H,13,15H2,1H3,(H2,27,29). The summed E-state index contributed by atoms with van der Waals surface area (Å²) in [5.41, 5.74) is 8.10. The van der Waals surface area contributed by atoms with E-state index in [0.29, 0.717) is 11.2 Å². The molecule has 0 aliphatic heterocycles. The number of carbonyl (C=O) groups excluding carboxylic acids is 1. The van der Waals surface area contributed by atoms with Crippen LogP contribution in [0.3, 0.4) is 0 Å². The van der Waals surface area contributed by atoms with Crippen molar-refractivity contribution in [2.75, 3.05) is 0 Å². The van der Waals surface area contributed by atoms with E-state index in [4.69, 9.17) is 15.3 Å². The van der Waals surface area contributed by atoms with Crippen molar-refractivity contribution in [3.05, 3.63) is 111 Å². The number of hydrogen-bond donors (Lipinski definition) is 1. The second-order valence-corrected chi connectivity index (χ2v) is 7.55. The lowest BCUT2D eigenvalue weighted by atomic mass is 10.1. The monoisotopic (exact) mass is 460 g/mol. The number of oxime groups is 1. The molecule has 2 N–H and O–H groups in total. The average Bonchev–Trinajstić information content (AvgIpc) is 2.84. The highest BCUT2D eigenvalue weighted by atomic mass is 19.1. The minimum atomic E-state index is -0.713. The third-order valence-corrected chi connectivity index (χ3v) is 4.91. The molecule has 0 radical (unpaired) electrons. The highest BCUT2D eigenvalue weighted by Crippen LogP contribution is 2.16. The van der Waals surface area contributed by atoms with E-state index in [1.54, 1.807) is 18.3 Å². The van der Waals surface area contributed by atoms with Crippen molar-refractivity contribution in [3.8, 4) is 5.75 Å². The Balaban J connectivity index is 1.63. The van der Waals surface area contributed by atoms with Gasteiger partial charge in [-0.2, -0.15) is 0 Å². The molecule has 4 aromatic rings. The van der Waals surface area contributed by atoms with E-state index in [2.05, 4.69) is 10.1 Å². The summed E-state index contributed by atoms with van der Waals surface area (Å²) in [6.45, 7) is 1.95. The Morgan fingerprint density at radius 1 is 1.06 bits per heavy atom. The molecule has 2 heterocycles. The number of halogens is 1. The van der Waals surface area contributed by atoms with Gasteiger partial charge in [0, 0.05) is 6.20 Å². The maximum absolute atomic E-state index is 13.2. The number of nitrogens with zero attached hydrogens (tertiary/aromatic N) is 3. The predicted molar refractivity (Wildman–Crippen MR) is 124 cm³/mol. The van der Waals surface area contributed by atoms with Gasteiger partial charge in [-0.1, -0.05) is 53.7 Å². The van der Waals surface area contributed by atoms with Gasteiger partial charge in [0.15, 0.2) is 11.5 Å². The van der Waals surface area contributed by atoms with E-state index in [-0.39, 0.29) is 30.3 Å². The lowest BCUT2D eigenvalue weighted by Crippen LogP contribution is -2.26. The molecule has 0 saturated carbocycles. The fourth-order valence-electron chi connectivity index (χ4n) is 3.21. The predicted octanol–water partition coefficient (Wildman–Crippen LogP) is 3.13. The summed E-state index contributed by atoms with van der Waals surface area (Å²) >= 11 is 0. The first kappa shape index (κ1) is 22.7. The molecule has 8 nitrogen and oxygen atoms in total. The van der Waals surface area contributed by atoms with Crippen molar-refractivity contribution in [1.82, 2.24) is 9.38 Å². The molecular formula is C25H21FN4O4. The van der Waals surface area contributed by atoms with Crippen LogP contribution >= 0.6 is 0 Å². The molecule has 0 amide bonds. The lowest BCUT2D eigenvalue weighted by molar-refractivity contribution is -0.142. The number of benzene rings is 2. The van der Waals surface area contributed by atoms with E-state index in [1.165, 1.54) is 28.7 Å². The first-order chi connectivity index (χ1) is 16.4. The van der Waals surface area contributed by atoms with Crippen LogP contribution in [0.5, 0.6) is 5.75 Å². The van der Waals surface area contributed by atoms with Crippen LogP contribution in [0.25, 0.3) is 5.65 Å². The van der Waals surface area contributed by atoms with Crippen molar-refractivity contribution in [2.45, 2.75) is 20.0 Å². The molecular weight excluding hydrogens is 439 g/mol. The summed E-state index contributed by atoms with van der Waals surface area (Å²) in [4.78, 5) is 34.6. The van der Waals surface area contributed by atoms with Crippen LogP contribution in [-0.2, 0) is 22.7 Å². The van der Waals surface area contributed by atoms with Crippen molar-refractivity contribution in [1.29, 1.82) is 0 Å². The van der Waals surface area contributed by atoms with Gasteiger partial charge >= 0.3 is 11.5 Å². The minimum absolute atomic E-state index is 0.0423. The van der Waals surface area contributed by atoms with E-state index in [9.17, 15) is 14.0 Å². The Bertz CT molecular complexity index is 1420. The maximum atomic E-state index is 13.2. The summed E-state index contributed by atoms with van der Waals surface area (Å²) in [5.74, 6) is -1.54. The number of ether oxygens (including phenoxy) is 1. The summed E-state index contributed by atoms with van der Waals surface area (Å²) in [6, 6.07) is 18.1. The summed E-state index contributed by atoms with van der Waals surface area (Å²) in [5, 5.41) is 3.67. The minimum Gasteiger partial charge on any atom is -0.481 e. The zero-order valence-electron chi connectivity index (χ0n) is 18.3. The van der Waals surface area contributed by atoms with Gasteiger partial charge in [0.05, 0.1) is 6.42 Å². The number of aryl methyl sites for hydroxylation is 1. The Morgan fingerprint density at radius 2 is 1.79 bits per heavy atom. The first-order valence-electron chi connectivity index (χ1n) is 10.4. The second-order valence-electron chi connectivity index (χ2n) is 7.55. The van der Waals surface area contributed by atoms with Crippen LogP contribution in [-0.4, -0.2) is 21.2 Å². The molecule has 2 aromatic carbocycles. The van der Waals surface area contributed by atoms with Gasteiger partial charge in [0.25, 0.3) is 0 Å². The molecule has 0 saturated heterocycles. The molecule has 0 bridgehead atoms. The maximum Gasteiger partial charge on any atom is 0.339 e. The molecule has 0 fully saturated rings. The lowest BCUT2D eigenvalue weighted by Gasteiger charge is -2.12. The molecule has 4 rings (SSSR count). The molecule has 34 heavy (non-hydrogen) atoms. The molecule has 2 aromatic heterocycles. The largest absolute Gasteiger partial charge is 0.481 e. The van der Waals surface area contributed by atoms with Gasteiger partial charge < -0.3 is 15.3 Å². The smallest absolute Gasteiger partial charge is 0.339 e. The molecule has 0 atom stereocenters. The Kier molecular flexibility index (Phi) is 6.63. The van der Waals surface area contributed by atoms with Gasteiger partial charge in [-0.25, -0.2) is 14.2 Å². The number of amidine groups is 1. The van der Waals surface area contributed by atoms with E-state index >= 15 is 0 Å². The molecule has 0 spiro atoms. The third kappa shape index (κ3) is 5.26. The number of hydrogen-bond acceptors (Lipinski definition) is 6. The Morgan fingerprint density at radius 3 is 2.53 bits per heavy atom. The van der Waals surface area contributed by atoms with Crippen LogP contribution in [0.2, 0.25) is 0 Å². The fraction of sp³-hybridized carbons (Fsp3) is 0.120. The van der Waals surface area contributed by atoms with Crippen LogP contribution in [0.15, 0.2) is 82.9 Å². The third-order valence-electron chi connectivity index (χ3n) is 4.91. The number of carbonyl (C=O) groups is 1. The molecule has 0 aliphatic carbocycles. The summed E-state index contributed by atoms with van der Waals surface area (Å²) in [7, 11) is 0. The van der Waals surface area contributed by atoms with Gasteiger partial charge in [-0.05, 0) is 41.8 Å². The van der Waals surface area contributed by atoms with E-state index in [1.807, 2.05) is 37.3 Å². The zero-order valence-corrected chi connectivity index (χ0v) is 18.3. The number of aromatic nitrogens is 2. The van der Waals surface area contributed by atoms with Crippen LogP contribution in [0.1, 0.15) is 22.4 Å². The number of rotatable bonds is 7. The molecule has 9 heteroatoms. The number of fused-ring (bicyclic) bond motifs is 1.